The average Bonchev–Trinajstić information content (AvgIpc) is 2.49. The first-order valence-corrected chi connectivity index (χ1v) is 6.16. The zero-order chi connectivity index (χ0) is 10.9. The van der Waals surface area contributed by atoms with Crippen molar-refractivity contribution in [2.24, 2.45) is 5.41 Å². The van der Waals surface area contributed by atoms with Gasteiger partial charge in [0, 0.05) is 26.2 Å². The van der Waals surface area contributed by atoms with Crippen molar-refractivity contribution >= 4 is 0 Å². The van der Waals surface area contributed by atoms with E-state index in [0.717, 1.165) is 13.1 Å². The molecule has 0 saturated carbocycles. The molecule has 0 amide bonds. The zero-order valence-corrected chi connectivity index (χ0v) is 10.3. The molecule has 0 aromatic carbocycles. The predicted octanol–water partition coefficient (Wildman–Crippen LogP) is 1.10. The van der Waals surface area contributed by atoms with Gasteiger partial charge in [-0.05, 0) is 32.2 Å². The van der Waals surface area contributed by atoms with Crippen LogP contribution in [0, 0.1) is 5.41 Å². The van der Waals surface area contributed by atoms with E-state index in [4.69, 9.17) is 4.74 Å². The molecule has 1 unspecified atom stereocenters. The number of hydrogen-bond donors (Lipinski definition) is 1. The summed E-state index contributed by atoms with van der Waals surface area (Å²) >= 11 is 0. The monoisotopic (exact) mass is 212 g/mol. The van der Waals surface area contributed by atoms with Crippen molar-refractivity contribution in [1.29, 1.82) is 0 Å². The third-order valence-electron chi connectivity index (χ3n) is 3.56. The van der Waals surface area contributed by atoms with Crippen molar-refractivity contribution in [2.75, 3.05) is 32.7 Å². The fourth-order valence-corrected chi connectivity index (χ4v) is 2.96. The molecule has 15 heavy (non-hydrogen) atoms. The Hall–Kier alpha value is -0.120. The van der Waals surface area contributed by atoms with Gasteiger partial charge in [-0.1, -0.05) is 6.92 Å². The van der Waals surface area contributed by atoms with E-state index < -0.39 is 0 Å². The van der Waals surface area contributed by atoms with E-state index >= 15 is 0 Å². The first-order chi connectivity index (χ1) is 7.07. The van der Waals surface area contributed by atoms with Gasteiger partial charge in [0.15, 0.2) is 0 Å². The molecule has 0 radical (unpaired) electrons. The summed E-state index contributed by atoms with van der Waals surface area (Å²) in [5, 5.41) is 3.47. The van der Waals surface area contributed by atoms with Gasteiger partial charge in [0.05, 0.1) is 12.2 Å². The van der Waals surface area contributed by atoms with Gasteiger partial charge in [-0.3, -0.25) is 4.90 Å². The minimum Gasteiger partial charge on any atom is -0.373 e. The SMILES string of the molecule is C[C@@H]1CN(CC2(C)CCNC2)C[C@H](C)O1. The highest BCUT2D eigenvalue weighted by Crippen LogP contribution is 2.27. The number of nitrogens with one attached hydrogen (secondary N) is 1. The van der Waals surface area contributed by atoms with E-state index in [1.165, 1.54) is 26.1 Å². The summed E-state index contributed by atoms with van der Waals surface area (Å²) < 4.78 is 5.76. The lowest BCUT2D eigenvalue weighted by atomic mass is 9.89. The molecule has 2 fully saturated rings. The van der Waals surface area contributed by atoms with E-state index in [-0.39, 0.29) is 0 Å². The second kappa shape index (κ2) is 4.40. The fourth-order valence-electron chi connectivity index (χ4n) is 2.96. The average molecular weight is 212 g/mol. The minimum atomic E-state index is 0.395. The van der Waals surface area contributed by atoms with Gasteiger partial charge in [-0.2, -0.15) is 0 Å². The van der Waals surface area contributed by atoms with Crippen LogP contribution in [0.25, 0.3) is 0 Å². The van der Waals surface area contributed by atoms with Crippen molar-refractivity contribution in [1.82, 2.24) is 10.2 Å². The van der Waals surface area contributed by atoms with E-state index in [0.29, 0.717) is 17.6 Å². The Morgan fingerprint density at radius 3 is 2.53 bits per heavy atom. The highest BCUT2D eigenvalue weighted by atomic mass is 16.5. The summed E-state index contributed by atoms with van der Waals surface area (Å²) in [4.78, 5) is 2.58. The normalized spacial score (nSPS) is 43.4. The van der Waals surface area contributed by atoms with Gasteiger partial charge in [-0.25, -0.2) is 0 Å². The second-order valence-corrected chi connectivity index (χ2v) is 5.69. The molecule has 3 heteroatoms. The highest BCUT2D eigenvalue weighted by Gasteiger charge is 2.33. The first-order valence-electron chi connectivity index (χ1n) is 6.16. The molecule has 0 aromatic rings. The van der Waals surface area contributed by atoms with Crippen molar-refractivity contribution in [3.8, 4) is 0 Å². The molecule has 3 atom stereocenters. The Kier molecular flexibility index (Phi) is 3.33. The van der Waals surface area contributed by atoms with Crippen LogP contribution in [0.5, 0.6) is 0 Å². The summed E-state index contributed by atoms with van der Waals surface area (Å²) in [7, 11) is 0. The summed E-state index contributed by atoms with van der Waals surface area (Å²) in [6.07, 6.45) is 2.10. The van der Waals surface area contributed by atoms with Crippen LogP contribution < -0.4 is 5.32 Å². The van der Waals surface area contributed by atoms with Crippen LogP contribution in [0.1, 0.15) is 27.2 Å². The minimum absolute atomic E-state index is 0.395. The number of ether oxygens (including phenoxy) is 1. The van der Waals surface area contributed by atoms with Crippen LogP contribution >= 0.6 is 0 Å². The lowest BCUT2D eigenvalue weighted by Gasteiger charge is -2.39. The number of morpholine rings is 1. The molecule has 2 rings (SSSR count). The molecule has 0 aromatic heterocycles. The highest BCUT2D eigenvalue weighted by molar-refractivity contribution is 4.88. The van der Waals surface area contributed by atoms with Crippen LogP contribution in [-0.2, 0) is 4.74 Å². The third-order valence-corrected chi connectivity index (χ3v) is 3.56. The maximum Gasteiger partial charge on any atom is 0.0678 e. The molecule has 3 nitrogen and oxygen atoms in total. The van der Waals surface area contributed by atoms with Gasteiger partial charge in [-0.15, -0.1) is 0 Å². The van der Waals surface area contributed by atoms with Crippen LogP contribution in [0.3, 0.4) is 0 Å². The maximum atomic E-state index is 5.76. The molecule has 88 valence electrons. The molecular weight excluding hydrogens is 188 g/mol. The summed E-state index contributed by atoms with van der Waals surface area (Å²) in [5.41, 5.74) is 0.483. The number of hydrogen-bond acceptors (Lipinski definition) is 3. The summed E-state index contributed by atoms with van der Waals surface area (Å²) in [6, 6.07) is 0. The van der Waals surface area contributed by atoms with Gasteiger partial charge in [0.25, 0.3) is 0 Å². The Labute approximate surface area is 93.2 Å². The molecule has 1 N–H and O–H groups in total. The molecular formula is C12H24N2O. The van der Waals surface area contributed by atoms with Gasteiger partial charge >= 0.3 is 0 Å². The van der Waals surface area contributed by atoms with Crippen molar-refractivity contribution in [3.63, 3.8) is 0 Å². The standard InChI is InChI=1S/C12H24N2O/c1-10-6-14(7-11(2)15-10)9-12(3)4-5-13-8-12/h10-11,13H,4-9H2,1-3H3/t10-,11+,12?. The predicted molar refractivity (Wildman–Crippen MR) is 62.0 cm³/mol. The zero-order valence-electron chi connectivity index (χ0n) is 10.3. The summed E-state index contributed by atoms with van der Waals surface area (Å²) in [5.74, 6) is 0. The molecule has 2 heterocycles. The number of nitrogens with zero attached hydrogens (tertiary/aromatic N) is 1. The number of rotatable bonds is 2. The quantitative estimate of drug-likeness (QED) is 0.742. The Morgan fingerprint density at radius 1 is 1.33 bits per heavy atom. The van der Waals surface area contributed by atoms with Crippen molar-refractivity contribution in [3.05, 3.63) is 0 Å². The van der Waals surface area contributed by atoms with Crippen LogP contribution in [0.4, 0.5) is 0 Å². The third kappa shape index (κ3) is 2.92. The molecule has 0 aliphatic carbocycles. The Bertz CT molecular complexity index is 204. The van der Waals surface area contributed by atoms with Crippen molar-refractivity contribution < 1.29 is 4.74 Å². The summed E-state index contributed by atoms with van der Waals surface area (Å²) in [6.45, 7) is 12.5. The van der Waals surface area contributed by atoms with Crippen LogP contribution in [-0.4, -0.2) is 49.8 Å². The van der Waals surface area contributed by atoms with E-state index in [9.17, 15) is 0 Å². The lowest BCUT2D eigenvalue weighted by Crippen LogP contribution is -2.49. The van der Waals surface area contributed by atoms with Crippen molar-refractivity contribution in [2.45, 2.75) is 39.4 Å². The fraction of sp³-hybridized carbons (Fsp3) is 1.00. The van der Waals surface area contributed by atoms with E-state index in [1.807, 2.05) is 0 Å². The largest absolute Gasteiger partial charge is 0.373 e. The molecule has 0 spiro atoms. The van der Waals surface area contributed by atoms with Gasteiger partial charge in [0.2, 0.25) is 0 Å². The smallest absolute Gasteiger partial charge is 0.0678 e. The first kappa shape index (κ1) is 11.4. The molecule has 0 bridgehead atoms. The van der Waals surface area contributed by atoms with Gasteiger partial charge < -0.3 is 10.1 Å². The van der Waals surface area contributed by atoms with Gasteiger partial charge in [0.1, 0.15) is 0 Å². The second-order valence-electron chi connectivity index (χ2n) is 5.69. The van der Waals surface area contributed by atoms with Crippen LogP contribution in [0.15, 0.2) is 0 Å². The van der Waals surface area contributed by atoms with Crippen LogP contribution in [0.2, 0.25) is 0 Å². The maximum absolute atomic E-state index is 5.76. The van der Waals surface area contributed by atoms with E-state index in [1.54, 1.807) is 0 Å². The topological polar surface area (TPSA) is 24.5 Å². The Morgan fingerprint density at radius 2 is 2.00 bits per heavy atom. The molecule has 2 saturated heterocycles. The lowest BCUT2D eigenvalue weighted by molar-refractivity contribution is -0.0755. The van der Waals surface area contributed by atoms with E-state index in [2.05, 4.69) is 31.0 Å². The Balaban J connectivity index is 1.87. The molecule has 2 aliphatic heterocycles. The molecule has 2 aliphatic rings.